The number of esters is 3. The summed E-state index contributed by atoms with van der Waals surface area (Å²) in [6.45, 7) is 14.4. The number of ether oxygens (including phenoxy) is 3. The Kier molecular flexibility index (Phi) is 43.0. The van der Waals surface area contributed by atoms with E-state index in [0.29, 0.717) is 23.1 Å². The molecule has 325 valence electrons. The number of hydrogen-bond donors (Lipinski definition) is 0. The quantitative estimate of drug-likeness (QED) is 0.0757. The third kappa shape index (κ3) is 18.5. The van der Waals surface area contributed by atoms with Crippen LogP contribution in [0.3, 0.4) is 0 Å². The van der Waals surface area contributed by atoms with E-state index in [0.717, 1.165) is 30.6 Å². The number of para-hydroxylation sites is 2. The van der Waals surface area contributed by atoms with Gasteiger partial charge in [0.2, 0.25) is 8.32 Å². The average molecular weight is 1230 g/mol. The Balaban J connectivity index is -0.000000118. The minimum atomic E-state index is -1.43. The Labute approximate surface area is 519 Å². The summed E-state index contributed by atoms with van der Waals surface area (Å²) in [5.41, 5.74) is 0.443. The van der Waals surface area contributed by atoms with Crippen molar-refractivity contribution in [3.8, 4) is 5.75 Å². The number of benzene rings is 2. The molecule has 0 amide bonds. The molecule has 2 fully saturated rings. The molecule has 2 saturated carbocycles. The van der Waals surface area contributed by atoms with Crippen LogP contribution in [0.25, 0.3) is 11.0 Å². The van der Waals surface area contributed by atoms with Gasteiger partial charge in [0.1, 0.15) is 22.7 Å². The van der Waals surface area contributed by atoms with Gasteiger partial charge in [0.25, 0.3) is 0 Å². The number of ketones is 1. The zero-order valence-electron chi connectivity index (χ0n) is 36.7. The van der Waals surface area contributed by atoms with Crippen LogP contribution in [0.4, 0.5) is 0 Å². The number of fused-ring (bicyclic) bond motifs is 6. The second-order valence-electron chi connectivity index (χ2n) is 14.3. The van der Waals surface area contributed by atoms with Crippen molar-refractivity contribution in [3.05, 3.63) is 100 Å². The largest absolute Gasteiger partial charge is 1.00 e. The van der Waals surface area contributed by atoms with Crippen molar-refractivity contribution >= 4 is 43.0 Å². The van der Waals surface area contributed by atoms with Crippen LogP contribution in [-0.4, -0.2) is 45.2 Å². The Bertz CT molecular complexity index is 1990. The second-order valence-corrected chi connectivity index (χ2v) is 18.8. The predicted octanol–water partition coefficient (Wildman–Crippen LogP) is 5.40. The predicted molar refractivity (Wildman–Crippen MR) is 202 cm³/mol. The van der Waals surface area contributed by atoms with Gasteiger partial charge in [-0.15, -0.1) is 0 Å². The van der Waals surface area contributed by atoms with Gasteiger partial charge in [0, 0.05) is 198 Å². The first kappa shape index (κ1) is 75.6. The van der Waals surface area contributed by atoms with E-state index in [2.05, 4.69) is 32.3 Å². The molecule has 62 heavy (non-hydrogen) atoms. The van der Waals surface area contributed by atoms with Gasteiger partial charge in [-0.05, 0) is 95.3 Å². The summed E-state index contributed by atoms with van der Waals surface area (Å²) in [6.07, 6.45) is 8.35. The molecule has 9 radical (unpaired) electrons. The second kappa shape index (κ2) is 35.3. The fourth-order valence-electron chi connectivity index (χ4n) is 7.76. The summed E-state index contributed by atoms with van der Waals surface area (Å²) in [5.74, 6) is -1.22. The maximum absolute atomic E-state index is 13.0. The SMILES string of the molecule is C=C(O[Si](C)(C)C)C1=CCCC1.CCOC(=O)C12C(=O)Oc3ccccc3C1CC(=O)C1CCCC12.CCOC(=O)c1cc2ccccc2oc1=O.[H-].[HH].[K+].[V].[V].[V].[V].[V].[V].[V].[V].[V]. The molecule has 0 spiro atoms. The molecule has 10 nitrogen and oxygen atoms in total. The van der Waals surface area contributed by atoms with Crippen molar-refractivity contribution in [1.29, 1.82) is 0 Å². The zero-order chi connectivity index (χ0) is 37.6. The van der Waals surface area contributed by atoms with Crippen LogP contribution in [0.2, 0.25) is 19.6 Å². The summed E-state index contributed by atoms with van der Waals surface area (Å²) >= 11 is 0. The van der Waals surface area contributed by atoms with Crippen molar-refractivity contribution in [1.82, 2.24) is 0 Å². The van der Waals surface area contributed by atoms with Gasteiger partial charge in [0.05, 0.1) is 19.0 Å². The molecule has 1 aliphatic heterocycles. The maximum Gasteiger partial charge on any atom is 1.00 e. The van der Waals surface area contributed by atoms with Crippen LogP contribution in [0.5, 0.6) is 5.75 Å². The number of rotatable bonds is 7. The Morgan fingerprint density at radius 2 is 1.45 bits per heavy atom. The Morgan fingerprint density at radius 1 is 0.855 bits per heavy atom. The van der Waals surface area contributed by atoms with Crippen LogP contribution in [0.1, 0.15) is 83.5 Å². The van der Waals surface area contributed by atoms with Gasteiger partial charge in [-0.25, -0.2) is 9.59 Å². The van der Waals surface area contributed by atoms with Crippen molar-refractivity contribution in [2.75, 3.05) is 13.2 Å². The molecule has 2 heterocycles. The summed E-state index contributed by atoms with van der Waals surface area (Å²) in [5, 5.41) is 0.699. The van der Waals surface area contributed by atoms with Gasteiger partial charge in [-0.3, -0.25) is 14.4 Å². The summed E-state index contributed by atoms with van der Waals surface area (Å²) in [6, 6.07) is 15.7. The van der Waals surface area contributed by atoms with E-state index in [1.165, 1.54) is 24.5 Å². The molecule has 3 aliphatic carbocycles. The molecule has 2 aromatic carbocycles. The maximum atomic E-state index is 13.0. The minimum Gasteiger partial charge on any atom is -1.00 e. The molecule has 4 aliphatic rings. The van der Waals surface area contributed by atoms with Gasteiger partial charge in [0.15, 0.2) is 5.41 Å². The third-order valence-corrected chi connectivity index (χ3v) is 10.7. The fourth-order valence-corrected chi connectivity index (χ4v) is 8.63. The molecule has 0 saturated heterocycles. The molecule has 0 bridgehead atoms. The smallest absolute Gasteiger partial charge is 1.00 e. The molecule has 21 heteroatoms. The standard InChI is InChI=1S/C19H20O5.C12H10O4.C10H18OSi.K.9V.H2.H/c1-2-23-17(21)19-13-8-5-7-11(13)15(20)10-14(19)12-6-3-4-9-16(12)24-18(19)22;1-2-15-11(13)9-7-8-5-3-4-6-10(8)16-12(9)14;1-9(11-12(2,3)4)10-7-5-6-8-10;;;;;;;;;;;;/h3-4,6,9,11,13-14H,2,5,7-8,10H2,1H3;3-7H,2H2,1H3;7H,1,5-6,8H2,2-4H3;;;;;;;;;;;1H;/q;;;+1;;;;;;;;;;;-1. The number of allylic oxidation sites excluding steroid dienone is 2. The number of Topliss-reactive ketones (excluding diaryl/α,β-unsaturated/α-hetero) is 1. The van der Waals surface area contributed by atoms with Crippen molar-refractivity contribution in [3.63, 3.8) is 0 Å². The first-order valence-electron chi connectivity index (χ1n) is 18.1. The molecule has 1 aromatic heterocycles. The minimum absolute atomic E-state index is 0. The van der Waals surface area contributed by atoms with Crippen molar-refractivity contribution < 1.29 is 263 Å². The van der Waals surface area contributed by atoms with Gasteiger partial charge in [-0.2, -0.15) is 0 Å². The van der Waals surface area contributed by atoms with Crippen LogP contribution in [0, 0.1) is 17.3 Å². The van der Waals surface area contributed by atoms with Crippen LogP contribution in [0.15, 0.2) is 87.8 Å². The van der Waals surface area contributed by atoms with Crippen LogP contribution < -0.4 is 61.7 Å². The summed E-state index contributed by atoms with van der Waals surface area (Å²) in [4.78, 5) is 61.6. The van der Waals surface area contributed by atoms with E-state index in [9.17, 15) is 24.0 Å². The van der Waals surface area contributed by atoms with E-state index in [4.69, 9.17) is 23.1 Å². The Morgan fingerprint density at radius 3 is 2.03 bits per heavy atom. The molecular weight excluding hydrogens is 1180 g/mol. The number of carbonyl (C=O) groups excluding carboxylic acids is 4. The van der Waals surface area contributed by atoms with Crippen LogP contribution in [-0.2, 0) is 195 Å². The molecule has 7 rings (SSSR count). The third-order valence-electron chi connectivity index (χ3n) is 9.88. The monoisotopic (exact) mass is 1230 g/mol. The van der Waals surface area contributed by atoms with Crippen molar-refractivity contribution in [2.45, 2.75) is 84.4 Å². The fraction of sp³-hybridized carbons (Fsp3) is 0.439. The molecule has 0 N–H and O–H groups in total. The van der Waals surface area contributed by atoms with Gasteiger partial charge >= 0.3 is 74.9 Å². The van der Waals surface area contributed by atoms with E-state index in [-0.39, 0.29) is 264 Å². The van der Waals surface area contributed by atoms with E-state index in [1.807, 2.05) is 12.1 Å². The van der Waals surface area contributed by atoms with E-state index >= 15 is 0 Å². The number of hydrogen-bond acceptors (Lipinski definition) is 10. The van der Waals surface area contributed by atoms with Crippen LogP contribution >= 0.6 is 0 Å². The van der Waals surface area contributed by atoms with Gasteiger partial charge in [-0.1, -0.05) is 55.5 Å². The number of carbonyl (C=O) groups is 4. The normalized spacial score (nSPS) is 19.2. The molecular formula is C41H51KO10SiV9. The van der Waals surface area contributed by atoms with Crippen molar-refractivity contribution in [2.24, 2.45) is 17.3 Å². The molecule has 4 atom stereocenters. The van der Waals surface area contributed by atoms with Gasteiger partial charge < -0.3 is 24.5 Å². The topological polar surface area (TPSA) is 135 Å². The average Bonchev–Trinajstić information content (AvgIpc) is 3.83. The first-order valence-corrected chi connectivity index (χ1v) is 21.5. The van der Waals surface area contributed by atoms with E-state index in [1.54, 1.807) is 50.2 Å². The summed E-state index contributed by atoms with van der Waals surface area (Å²) < 4.78 is 26.4. The van der Waals surface area contributed by atoms with E-state index < -0.39 is 43.2 Å². The Hall–Kier alpha value is 2.12. The molecule has 4 unspecified atom stereocenters. The molecule has 3 aromatic rings. The summed E-state index contributed by atoms with van der Waals surface area (Å²) in [7, 11) is -1.43. The first-order chi connectivity index (χ1) is 24.8. The zero-order valence-corrected chi connectivity index (χ0v) is 52.4.